The lowest BCUT2D eigenvalue weighted by molar-refractivity contribution is 0.224. The molecule has 0 saturated heterocycles. The van der Waals surface area contributed by atoms with Crippen molar-refractivity contribution in [3.63, 3.8) is 0 Å². The Hall–Kier alpha value is -1.28. The van der Waals surface area contributed by atoms with Crippen molar-refractivity contribution in [2.24, 2.45) is 5.92 Å². The highest BCUT2D eigenvalue weighted by molar-refractivity contribution is 5.43. The van der Waals surface area contributed by atoms with Crippen LogP contribution in [0.5, 0.6) is 5.75 Å². The molecule has 0 saturated carbocycles. The average molecular weight is 260 g/mol. The molecule has 0 bridgehead atoms. The molecule has 2 nitrogen and oxygen atoms in total. The first-order chi connectivity index (χ1) is 8.99. The molecule has 0 fully saturated rings. The number of allylic oxidation sites excluding steroid dienone is 1. The number of benzene rings is 1. The molecule has 0 spiro atoms. The monoisotopic (exact) mass is 260 g/mol. The van der Waals surface area contributed by atoms with Gasteiger partial charge in [0.1, 0.15) is 5.75 Å². The highest BCUT2D eigenvalue weighted by atomic mass is 16.3. The van der Waals surface area contributed by atoms with E-state index in [0.717, 1.165) is 25.7 Å². The normalized spacial score (nSPS) is 25.9. The zero-order valence-electron chi connectivity index (χ0n) is 11.9. The number of hydrogen-bond acceptors (Lipinski definition) is 2. The van der Waals surface area contributed by atoms with Gasteiger partial charge in [-0.25, -0.2) is 0 Å². The Morgan fingerprint density at radius 2 is 2.21 bits per heavy atom. The van der Waals surface area contributed by atoms with Gasteiger partial charge in [0.05, 0.1) is 0 Å². The van der Waals surface area contributed by atoms with Gasteiger partial charge in [0.15, 0.2) is 0 Å². The van der Waals surface area contributed by atoms with Gasteiger partial charge in [-0.3, -0.25) is 0 Å². The molecule has 1 aromatic carbocycles. The van der Waals surface area contributed by atoms with E-state index >= 15 is 0 Å². The van der Waals surface area contributed by atoms with Crippen LogP contribution >= 0.6 is 0 Å². The van der Waals surface area contributed by atoms with Crippen LogP contribution in [0, 0.1) is 5.92 Å². The quantitative estimate of drug-likeness (QED) is 0.813. The summed E-state index contributed by atoms with van der Waals surface area (Å²) < 4.78 is 0. The molecule has 1 aromatic rings. The summed E-state index contributed by atoms with van der Waals surface area (Å²) in [6.07, 6.45) is 3.84. The Kier molecular flexibility index (Phi) is 4.00. The van der Waals surface area contributed by atoms with E-state index in [-0.39, 0.29) is 12.0 Å². The van der Waals surface area contributed by atoms with Crippen molar-refractivity contribution in [1.82, 2.24) is 0 Å². The van der Waals surface area contributed by atoms with Crippen LogP contribution in [0.2, 0.25) is 0 Å². The fourth-order valence-electron chi connectivity index (χ4n) is 3.70. The van der Waals surface area contributed by atoms with Crippen molar-refractivity contribution in [2.45, 2.75) is 44.9 Å². The first-order valence-electron chi connectivity index (χ1n) is 7.07. The summed E-state index contributed by atoms with van der Waals surface area (Å²) in [6.45, 7) is 8.77. The van der Waals surface area contributed by atoms with E-state index < -0.39 is 0 Å². The van der Waals surface area contributed by atoms with Gasteiger partial charge in [-0.2, -0.15) is 0 Å². The number of aliphatic hydroxyl groups is 1. The average Bonchev–Trinajstić information content (AvgIpc) is 2.36. The second-order valence-corrected chi connectivity index (χ2v) is 6.02. The second kappa shape index (κ2) is 5.38. The van der Waals surface area contributed by atoms with Gasteiger partial charge in [-0.15, -0.1) is 0 Å². The van der Waals surface area contributed by atoms with Crippen LogP contribution in [0.15, 0.2) is 30.4 Å². The van der Waals surface area contributed by atoms with Crippen LogP contribution in [0.3, 0.4) is 0 Å². The van der Waals surface area contributed by atoms with Gasteiger partial charge in [-0.1, -0.05) is 25.1 Å². The maximum Gasteiger partial charge on any atom is 0.115 e. The number of hydrogen-bond donors (Lipinski definition) is 2. The number of aryl methyl sites for hydroxylation is 1. The summed E-state index contributed by atoms with van der Waals surface area (Å²) in [7, 11) is 0. The summed E-state index contributed by atoms with van der Waals surface area (Å²) in [4.78, 5) is 0. The number of fused-ring (bicyclic) bond motifs is 1. The zero-order valence-corrected chi connectivity index (χ0v) is 11.9. The summed E-state index contributed by atoms with van der Waals surface area (Å²) in [6, 6.07) is 5.72. The number of rotatable bonds is 4. The number of phenolic OH excluding ortho intramolecular Hbond substituents is 1. The molecule has 2 N–H and O–H groups in total. The summed E-state index contributed by atoms with van der Waals surface area (Å²) >= 11 is 0. The molecule has 104 valence electrons. The number of phenols is 1. The van der Waals surface area contributed by atoms with Crippen LogP contribution in [0.1, 0.15) is 44.2 Å². The van der Waals surface area contributed by atoms with E-state index in [2.05, 4.69) is 26.5 Å². The van der Waals surface area contributed by atoms with Crippen LogP contribution in [0.25, 0.3) is 0 Å². The third-order valence-corrected chi connectivity index (χ3v) is 4.62. The molecule has 0 radical (unpaired) electrons. The lowest BCUT2D eigenvalue weighted by atomic mass is 9.60. The van der Waals surface area contributed by atoms with E-state index in [1.54, 1.807) is 6.07 Å². The highest BCUT2D eigenvalue weighted by Gasteiger charge is 2.40. The molecule has 0 unspecified atom stereocenters. The molecule has 0 heterocycles. The molecule has 0 aliphatic heterocycles. The van der Waals surface area contributed by atoms with Crippen molar-refractivity contribution in [2.75, 3.05) is 6.61 Å². The van der Waals surface area contributed by atoms with E-state index in [9.17, 15) is 5.11 Å². The minimum Gasteiger partial charge on any atom is -0.508 e. The largest absolute Gasteiger partial charge is 0.508 e. The highest BCUT2D eigenvalue weighted by Crippen LogP contribution is 2.47. The summed E-state index contributed by atoms with van der Waals surface area (Å²) in [5.74, 6) is 0.799. The maximum absolute atomic E-state index is 9.65. The van der Waals surface area contributed by atoms with Gasteiger partial charge >= 0.3 is 0 Å². The predicted octanol–water partition coefficient (Wildman–Crippen LogP) is 3.56. The van der Waals surface area contributed by atoms with Gasteiger partial charge in [0.2, 0.25) is 0 Å². The second-order valence-electron chi connectivity index (χ2n) is 6.02. The van der Waals surface area contributed by atoms with Crippen molar-refractivity contribution in [1.29, 1.82) is 0 Å². The molecule has 19 heavy (non-hydrogen) atoms. The summed E-state index contributed by atoms with van der Waals surface area (Å²) in [5, 5.41) is 18.8. The minimum atomic E-state index is 0.0237. The molecular formula is C17H24O2. The summed E-state index contributed by atoms with van der Waals surface area (Å²) in [5.41, 5.74) is 3.81. The molecule has 2 heteroatoms. The Morgan fingerprint density at radius 3 is 2.84 bits per heavy atom. The van der Waals surface area contributed by atoms with E-state index in [0.29, 0.717) is 11.7 Å². The van der Waals surface area contributed by atoms with Crippen molar-refractivity contribution in [3.05, 3.63) is 41.5 Å². The van der Waals surface area contributed by atoms with Crippen LogP contribution in [0.4, 0.5) is 0 Å². The predicted molar refractivity (Wildman–Crippen MR) is 78.4 cm³/mol. The first kappa shape index (κ1) is 14.1. The third-order valence-electron chi connectivity index (χ3n) is 4.62. The van der Waals surface area contributed by atoms with Gasteiger partial charge in [-0.05, 0) is 67.2 Å². The van der Waals surface area contributed by atoms with Gasteiger partial charge in [0, 0.05) is 6.61 Å². The van der Waals surface area contributed by atoms with Crippen molar-refractivity contribution in [3.8, 4) is 5.75 Å². The standard InChI is InChI=1S/C17H24O2/c1-12(2)15-7-5-13-11-14(19)6-8-16(13)17(15,3)9-4-10-18/h6,8,11,15,18-19H,1,4-5,7,9-10H2,2-3H3/t15-,17-/m1/s1. The lowest BCUT2D eigenvalue weighted by Crippen LogP contribution is -2.37. The van der Waals surface area contributed by atoms with Crippen molar-refractivity contribution < 1.29 is 10.2 Å². The van der Waals surface area contributed by atoms with E-state index in [4.69, 9.17) is 5.11 Å². The third kappa shape index (κ3) is 2.55. The fraction of sp³-hybridized carbons (Fsp3) is 0.529. The number of aliphatic hydroxyl groups excluding tert-OH is 1. The molecule has 0 aromatic heterocycles. The fourth-order valence-corrected chi connectivity index (χ4v) is 3.70. The van der Waals surface area contributed by atoms with Gasteiger partial charge < -0.3 is 10.2 Å². The topological polar surface area (TPSA) is 40.5 Å². The molecule has 1 aliphatic rings. The SMILES string of the molecule is C=C(C)[C@H]1CCc2cc(O)ccc2[C@]1(C)CCCO. The Labute approximate surface area is 115 Å². The van der Waals surface area contributed by atoms with Crippen molar-refractivity contribution >= 4 is 0 Å². The maximum atomic E-state index is 9.65. The Balaban J connectivity index is 2.46. The molecule has 2 atom stereocenters. The van der Waals surface area contributed by atoms with Crippen LogP contribution < -0.4 is 0 Å². The molecule has 0 amide bonds. The minimum absolute atomic E-state index is 0.0237. The zero-order chi connectivity index (χ0) is 14.0. The smallest absolute Gasteiger partial charge is 0.115 e. The molecular weight excluding hydrogens is 236 g/mol. The Bertz CT molecular complexity index is 478. The van der Waals surface area contributed by atoms with E-state index in [1.807, 2.05) is 6.07 Å². The number of aromatic hydroxyl groups is 1. The van der Waals surface area contributed by atoms with Gasteiger partial charge in [0.25, 0.3) is 0 Å². The first-order valence-corrected chi connectivity index (χ1v) is 7.07. The molecule has 1 aliphatic carbocycles. The Morgan fingerprint density at radius 1 is 1.47 bits per heavy atom. The molecule has 2 rings (SSSR count). The lowest BCUT2D eigenvalue weighted by Gasteiger charge is -2.44. The van der Waals surface area contributed by atoms with E-state index in [1.165, 1.54) is 16.7 Å². The van der Waals surface area contributed by atoms with Crippen LogP contribution in [-0.4, -0.2) is 16.8 Å². The van der Waals surface area contributed by atoms with Crippen LogP contribution in [-0.2, 0) is 11.8 Å².